The molecule has 0 aromatic heterocycles. The molecule has 0 aliphatic heterocycles. The van der Waals surface area contributed by atoms with E-state index in [1.54, 1.807) is 0 Å². The fraction of sp³-hybridized carbons (Fsp3) is 0.333. The second-order valence-corrected chi connectivity index (χ2v) is 4.44. The molecular formula is C12H12F3N3O2S. The maximum absolute atomic E-state index is 12.8. The number of benzene rings is 1. The number of hydrogen-bond acceptors (Lipinski definition) is 4. The van der Waals surface area contributed by atoms with Gasteiger partial charge in [-0.05, 0) is 30.4 Å². The fourth-order valence-electron chi connectivity index (χ4n) is 1.46. The number of anilines is 1. The average molecular weight is 319 g/mol. The zero-order valence-electron chi connectivity index (χ0n) is 10.6. The van der Waals surface area contributed by atoms with Gasteiger partial charge in [-0.25, -0.2) is 0 Å². The lowest BCUT2D eigenvalue weighted by Gasteiger charge is -2.17. The summed E-state index contributed by atoms with van der Waals surface area (Å²) in [5.41, 5.74) is -1.53. The molecule has 0 saturated heterocycles. The number of thiocarbonyl (C=S) groups is 1. The second kappa shape index (κ2) is 7.21. The minimum atomic E-state index is -4.66. The predicted molar refractivity (Wildman–Crippen MR) is 73.5 cm³/mol. The van der Waals surface area contributed by atoms with Crippen LogP contribution in [-0.4, -0.2) is 34.6 Å². The first-order valence-corrected chi connectivity index (χ1v) is 6.13. The van der Waals surface area contributed by atoms with Crippen LogP contribution in [0.1, 0.15) is 11.1 Å². The highest BCUT2D eigenvalue weighted by Gasteiger charge is 2.33. The van der Waals surface area contributed by atoms with Crippen molar-refractivity contribution in [2.45, 2.75) is 12.2 Å². The van der Waals surface area contributed by atoms with Crippen LogP contribution in [0.15, 0.2) is 18.2 Å². The minimum absolute atomic E-state index is 0.0356. The van der Waals surface area contributed by atoms with E-state index in [-0.39, 0.29) is 24.0 Å². The van der Waals surface area contributed by atoms with Crippen LogP contribution in [0.5, 0.6) is 0 Å². The van der Waals surface area contributed by atoms with Crippen LogP contribution < -0.4 is 10.6 Å². The largest absolute Gasteiger partial charge is 0.417 e. The Morgan fingerprint density at radius 1 is 1.33 bits per heavy atom. The van der Waals surface area contributed by atoms with Crippen molar-refractivity contribution in [3.63, 3.8) is 0 Å². The molecule has 0 fully saturated rings. The zero-order valence-corrected chi connectivity index (χ0v) is 11.4. The molecule has 4 N–H and O–H groups in total. The Labute approximate surface area is 124 Å². The van der Waals surface area contributed by atoms with Gasteiger partial charge in [0.1, 0.15) is 0 Å². The van der Waals surface area contributed by atoms with E-state index in [1.807, 2.05) is 0 Å². The van der Waals surface area contributed by atoms with Crippen molar-refractivity contribution in [2.24, 2.45) is 0 Å². The molecule has 0 unspecified atom stereocenters. The lowest BCUT2D eigenvalue weighted by atomic mass is 10.1. The smallest absolute Gasteiger partial charge is 0.394 e. The second-order valence-electron chi connectivity index (χ2n) is 4.03. The third-order valence-electron chi connectivity index (χ3n) is 2.48. The Morgan fingerprint density at radius 3 is 2.43 bits per heavy atom. The molecule has 0 heterocycles. The van der Waals surface area contributed by atoms with Crippen LogP contribution >= 0.6 is 12.2 Å². The monoisotopic (exact) mass is 319 g/mol. The molecule has 0 bridgehead atoms. The number of rotatable bonds is 4. The van der Waals surface area contributed by atoms with Gasteiger partial charge >= 0.3 is 6.18 Å². The predicted octanol–water partition coefficient (Wildman–Crippen LogP) is 1.22. The van der Waals surface area contributed by atoms with E-state index in [1.165, 1.54) is 12.1 Å². The summed E-state index contributed by atoms with van der Waals surface area (Å²) in [5.74, 6) is 0. The van der Waals surface area contributed by atoms with Gasteiger partial charge in [-0.2, -0.15) is 18.4 Å². The fourth-order valence-corrected chi connectivity index (χ4v) is 1.74. The van der Waals surface area contributed by atoms with E-state index in [9.17, 15) is 13.2 Å². The maximum Gasteiger partial charge on any atom is 0.417 e. The van der Waals surface area contributed by atoms with Crippen molar-refractivity contribution < 1.29 is 23.4 Å². The lowest BCUT2D eigenvalue weighted by molar-refractivity contribution is -0.137. The number of nitriles is 1. The molecular weight excluding hydrogens is 307 g/mol. The average Bonchev–Trinajstić information content (AvgIpc) is 2.43. The van der Waals surface area contributed by atoms with Crippen molar-refractivity contribution in [1.29, 1.82) is 5.26 Å². The normalized spacial score (nSPS) is 11.1. The van der Waals surface area contributed by atoms with E-state index >= 15 is 0 Å². The number of nitrogens with zero attached hydrogens (tertiary/aromatic N) is 1. The molecule has 0 saturated carbocycles. The first-order valence-electron chi connectivity index (χ1n) is 5.72. The van der Waals surface area contributed by atoms with Gasteiger partial charge in [0.2, 0.25) is 0 Å². The van der Waals surface area contributed by atoms with Crippen LogP contribution in [-0.2, 0) is 6.18 Å². The van der Waals surface area contributed by atoms with E-state index in [2.05, 4.69) is 10.6 Å². The number of alkyl halides is 3. The first-order chi connectivity index (χ1) is 9.81. The highest BCUT2D eigenvalue weighted by molar-refractivity contribution is 7.80. The molecule has 0 amide bonds. The van der Waals surface area contributed by atoms with Gasteiger partial charge in [-0.15, -0.1) is 0 Å². The van der Waals surface area contributed by atoms with Crippen LogP contribution in [0.25, 0.3) is 0 Å². The van der Waals surface area contributed by atoms with Gasteiger partial charge < -0.3 is 20.8 Å². The van der Waals surface area contributed by atoms with E-state index in [0.29, 0.717) is 0 Å². The molecule has 0 aliphatic carbocycles. The highest BCUT2D eigenvalue weighted by atomic mass is 32.1. The summed E-state index contributed by atoms with van der Waals surface area (Å²) in [6.07, 6.45) is -4.66. The van der Waals surface area contributed by atoms with Gasteiger partial charge in [-0.1, -0.05) is 0 Å². The molecule has 9 heteroatoms. The van der Waals surface area contributed by atoms with E-state index in [4.69, 9.17) is 27.7 Å². The zero-order chi connectivity index (χ0) is 16.0. The Kier molecular flexibility index (Phi) is 5.90. The minimum Gasteiger partial charge on any atom is -0.394 e. The number of nitrogens with one attached hydrogen (secondary N) is 2. The first kappa shape index (κ1) is 17.2. The molecule has 114 valence electrons. The number of aliphatic hydroxyl groups is 2. The molecule has 0 radical (unpaired) electrons. The Morgan fingerprint density at radius 2 is 1.95 bits per heavy atom. The SMILES string of the molecule is N#Cc1ccc(NC(=S)NC(CO)CO)cc1C(F)(F)F. The topological polar surface area (TPSA) is 88.3 Å². The standard InChI is InChI=1S/C12H12F3N3O2S/c13-12(14,15)10-3-8(2-1-7(10)4-16)17-11(21)18-9(5-19)6-20/h1-3,9,19-20H,5-6H2,(H2,17,18,21). The van der Waals surface area contributed by atoms with Gasteiger partial charge in [0, 0.05) is 5.69 Å². The number of halogens is 3. The molecule has 21 heavy (non-hydrogen) atoms. The summed E-state index contributed by atoms with van der Waals surface area (Å²) in [6, 6.07) is 3.82. The number of hydrogen-bond donors (Lipinski definition) is 4. The van der Waals surface area contributed by atoms with Crippen LogP contribution in [0, 0.1) is 11.3 Å². The summed E-state index contributed by atoms with van der Waals surface area (Å²) in [4.78, 5) is 0. The molecule has 1 rings (SSSR count). The van der Waals surface area contributed by atoms with Gasteiger partial charge in [0.25, 0.3) is 0 Å². The lowest BCUT2D eigenvalue weighted by Crippen LogP contribution is -2.42. The number of aliphatic hydroxyl groups excluding tert-OH is 2. The summed E-state index contributed by atoms with van der Waals surface area (Å²) in [5, 5.41) is 31.4. The quantitative estimate of drug-likeness (QED) is 0.624. The Hall–Kier alpha value is -1.89. The van der Waals surface area contributed by atoms with Crippen molar-refractivity contribution in [1.82, 2.24) is 5.32 Å². The third kappa shape index (κ3) is 4.86. The van der Waals surface area contributed by atoms with E-state index < -0.39 is 23.3 Å². The van der Waals surface area contributed by atoms with Crippen molar-refractivity contribution in [3.05, 3.63) is 29.3 Å². The van der Waals surface area contributed by atoms with Crippen molar-refractivity contribution >= 4 is 23.0 Å². The van der Waals surface area contributed by atoms with Gasteiger partial charge in [-0.3, -0.25) is 0 Å². The highest BCUT2D eigenvalue weighted by Crippen LogP contribution is 2.33. The Bertz CT molecular complexity index is 554. The molecule has 5 nitrogen and oxygen atoms in total. The Balaban J connectivity index is 2.91. The molecule has 1 aromatic rings. The van der Waals surface area contributed by atoms with Gasteiger partial charge in [0.15, 0.2) is 5.11 Å². The maximum atomic E-state index is 12.8. The van der Waals surface area contributed by atoms with Crippen LogP contribution in [0.2, 0.25) is 0 Å². The van der Waals surface area contributed by atoms with Crippen LogP contribution in [0.3, 0.4) is 0 Å². The summed E-state index contributed by atoms with van der Waals surface area (Å²) < 4.78 is 38.3. The summed E-state index contributed by atoms with van der Waals surface area (Å²) in [6.45, 7) is -0.779. The molecule has 0 aliphatic rings. The molecule has 1 aromatic carbocycles. The summed E-state index contributed by atoms with van der Waals surface area (Å²) in [7, 11) is 0. The third-order valence-corrected chi connectivity index (χ3v) is 2.70. The van der Waals surface area contributed by atoms with E-state index in [0.717, 1.165) is 12.1 Å². The van der Waals surface area contributed by atoms with Crippen LogP contribution in [0.4, 0.5) is 18.9 Å². The van der Waals surface area contributed by atoms with Gasteiger partial charge in [0.05, 0.1) is 36.5 Å². The summed E-state index contributed by atoms with van der Waals surface area (Å²) >= 11 is 4.85. The van der Waals surface area contributed by atoms with Crippen molar-refractivity contribution in [3.8, 4) is 6.07 Å². The van der Waals surface area contributed by atoms with Crippen molar-refractivity contribution in [2.75, 3.05) is 18.5 Å². The molecule has 0 atom stereocenters. The molecule has 0 spiro atoms.